The van der Waals surface area contributed by atoms with Crippen molar-refractivity contribution in [3.8, 4) is 0 Å². The molecule has 0 radical (unpaired) electrons. The average molecular weight is 383 g/mol. The van der Waals surface area contributed by atoms with Crippen LogP contribution in [0.25, 0.3) is 0 Å². The second-order valence-corrected chi connectivity index (χ2v) is 7.07. The van der Waals surface area contributed by atoms with Crippen LogP contribution in [-0.4, -0.2) is 34.4 Å². The Kier molecular flexibility index (Phi) is 6.20. The van der Waals surface area contributed by atoms with Gasteiger partial charge in [0.25, 0.3) is 11.6 Å². The van der Waals surface area contributed by atoms with Crippen molar-refractivity contribution < 1.29 is 9.72 Å². The summed E-state index contributed by atoms with van der Waals surface area (Å²) in [6, 6.07) is 10.0. The Balaban J connectivity index is 1.77. The van der Waals surface area contributed by atoms with Crippen LogP contribution in [0.15, 0.2) is 42.6 Å². The number of aromatic nitrogens is 1. The van der Waals surface area contributed by atoms with Gasteiger partial charge in [-0.3, -0.25) is 19.9 Å². The van der Waals surface area contributed by atoms with Crippen molar-refractivity contribution in [3.63, 3.8) is 0 Å². The van der Waals surface area contributed by atoms with Gasteiger partial charge in [0.05, 0.1) is 16.7 Å². The Morgan fingerprint density at radius 3 is 2.86 bits per heavy atom. The number of rotatable bonds is 6. The molecule has 0 bridgehead atoms. The van der Waals surface area contributed by atoms with E-state index in [4.69, 9.17) is 0 Å². The van der Waals surface area contributed by atoms with E-state index in [1.54, 1.807) is 18.3 Å². The van der Waals surface area contributed by atoms with E-state index in [1.165, 1.54) is 6.07 Å². The first kappa shape index (κ1) is 19.8. The van der Waals surface area contributed by atoms with Crippen LogP contribution in [0.4, 0.5) is 11.4 Å². The first-order chi connectivity index (χ1) is 13.5. The Bertz CT molecular complexity index is 843. The predicted octanol–water partition coefficient (Wildman–Crippen LogP) is 3.03. The average Bonchev–Trinajstić information content (AvgIpc) is 2.70. The molecule has 1 aliphatic rings. The number of nitro groups is 1. The van der Waals surface area contributed by atoms with Gasteiger partial charge >= 0.3 is 0 Å². The molecule has 3 rings (SSSR count). The van der Waals surface area contributed by atoms with Crippen LogP contribution in [0.1, 0.15) is 48.8 Å². The molecule has 0 saturated carbocycles. The molecule has 1 fully saturated rings. The number of nitrogens with zero attached hydrogens (tertiary/aromatic N) is 2. The van der Waals surface area contributed by atoms with Gasteiger partial charge in [-0.05, 0) is 57.5 Å². The van der Waals surface area contributed by atoms with Crippen LogP contribution in [0, 0.1) is 10.1 Å². The van der Waals surface area contributed by atoms with E-state index in [-0.39, 0.29) is 35.3 Å². The third-order valence-electron chi connectivity index (χ3n) is 5.04. The number of nitro benzene ring substituents is 1. The lowest BCUT2D eigenvalue weighted by molar-refractivity contribution is -0.384. The molecule has 2 heterocycles. The molecule has 3 N–H and O–H groups in total. The van der Waals surface area contributed by atoms with Gasteiger partial charge in [-0.2, -0.15) is 0 Å². The van der Waals surface area contributed by atoms with Gasteiger partial charge in [-0.1, -0.05) is 6.07 Å². The molecule has 1 saturated heterocycles. The highest BCUT2D eigenvalue weighted by atomic mass is 16.6. The Morgan fingerprint density at radius 1 is 1.36 bits per heavy atom. The minimum Gasteiger partial charge on any atom is -0.371 e. The zero-order chi connectivity index (χ0) is 20.1. The Hall–Kier alpha value is -3.00. The van der Waals surface area contributed by atoms with E-state index in [1.807, 2.05) is 32.0 Å². The summed E-state index contributed by atoms with van der Waals surface area (Å²) in [6.45, 7) is 4.84. The summed E-state index contributed by atoms with van der Waals surface area (Å²) in [4.78, 5) is 27.9. The third kappa shape index (κ3) is 4.64. The van der Waals surface area contributed by atoms with Crippen LogP contribution in [-0.2, 0) is 0 Å². The summed E-state index contributed by atoms with van der Waals surface area (Å²) in [5, 5.41) is 21.0. The Labute approximate surface area is 163 Å². The molecule has 2 aromatic rings. The van der Waals surface area contributed by atoms with Gasteiger partial charge in [0.15, 0.2) is 0 Å². The van der Waals surface area contributed by atoms with E-state index in [0.717, 1.165) is 25.1 Å². The summed E-state index contributed by atoms with van der Waals surface area (Å²) in [5.74, 6) is -0.298. The van der Waals surface area contributed by atoms with Crippen LogP contribution in [0.2, 0.25) is 0 Å². The van der Waals surface area contributed by atoms with E-state index >= 15 is 0 Å². The summed E-state index contributed by atoms with van der Waals surface area (Å²) in [7, 11) is 0. The second-order valence-electron chi connectivity index (χ2n) is 7.07. The molecule has 3 atom stereocenters. The van der Waals surface area contributed by atoms with Crippen molar-refractivity contribution in [3.05, 3.63) is 64.0 Å². The fraction of sp³-hybridized carbons (Fsp3) is 0.400. The fourth-order valence-corrected chi connectivity index (χ4v) is 3.38. The fourth-order valence-electron chi connectivity index (χ4n) is 3.38. The van der Waals surface area contributed by atoms with Gasteiger partial charge in [0, 0.05) is 29.9 Å². The lowest BCUT2D eigenvalue weighted by Gasteiger charge is -2.30. The quantitative estimate of drug-likeness (QED) is 0.522. The molecule has 3 unspecified atom stereocenters. The van der Waals surface area contributed by atoms with Gasteiger partial charge in [0.1, 0.15) is 5.69 Å². The highest BCUT2D eigenvalue weighted by Crippen LogP contribution is 2.29. The summed E-state index contributed by atoms with van der Waals surface area (Å²) < 4.78 is 0. The summed E-state index contributed by atoms with van der Waals surface area (Å²) >= 11 is 0. The second kappa shape index (κ2) is 8.79. The number of carbonyl (C=O) groups excluding carboxylic acids is 1. The SMILES string of the molecule is CC(Nc1ccc(C(=O)NC2CCCNC2C)cc1[N+](=O)[O-])c1ccccn1. The van der Waals surface area contributed by atoms with Gasteiger partial charge in [-0.15, -0.1) is 0 Å². The molecule has 0 spiro atoms. The Morgan fingerprint density at radius 2 is 2.18 bits per heavy atom. The van der Waals surface area contributed by atoms with Crippen molar-refractivity contribution in [2.24, 2.45) is 0 Å². The van der Waals surface area contributed by atoms with Crippen molar-refractivity contribution >= 4 is 17.3 Å². The van der Waals surface area contributed by atoms with Crippen LogP contribution < -0.4 is 16.0 Å². The van der Waals surface area contributed by atoms with Crippen molar-refractivity contribution in [1.82, 2.24) is 15.6 Å². The number of piperidine rings is 1. The zero-order valence-electron chi connectivity index (χ0n) is 16.0. The van der Waals surface area contributed by atoms with Gasteiger partial charge in [-0.25, -0.2) is 0 Å². The van der Waals surface area contributed by atoms with Crippen molar-refractivity contribution in [1.29, 1.82) is 0 Å². The third-order valence-corrected chi connectivity index (χ3v) is 5.04. The maximum Gasteiger partial charge on any atom is 0.293 e. The zero-order valence-corrected chi connectivity index (χ0v) is 16.0. The number of hydrogen-bond donors (Lipinski definition) is 3. The van der Waals surface area contributed by atoms with Crippen LogP contribution in [0.3, 0.4) is 0 Å². The molecule has 8 heteroatoms. The molecule has 28 heavy (non-hydrogen) atoms. The van der Waals surface area contributed by atoms with Crippen molar-refractivity contribution in [2.75, 3.05) is 11.9 Å². The number of carbonyl (C=O) groups is 1. The monoisotopic (exact) mass is 383 g/mol. The summed E-state index contributed by atoms with van der Waals surface area (Å²) in [6.07, 6.45) is 3.56. The molecular weight excluding hydrogens is 358 g/mol. The topological polar surface area (TPSA) is 109 Å². The molecule has 0 aliphatic carbocycles. The molecule has 148 valence electrons. The van der Waals surface area contributed by atoms with Crippen molar-refractivity contribution in [2.45, 2.75) is 44.8 Å². The predicted molar refractivity (Wildman–Crippen MR) is 107 cm³/mol. The number of benzene rings is 1. The van der Waals surface area contributed by atoms with E-state index in [0.29, 0.717) is 5.69 Å². The number of amides is 1. The van der Waals surface area contributed by atoms with E-state index < -0.39 is 4.92 Å². The maximum atomic E-state index is 12.6. The van der Waals surface area contributed by atoms with Gasteiger partial charge < -0.3 is 16.0 Å². The largest absolute Gasteiger partial charge is 0.371 e. The first-order valence-corrected chi connectivity index (χ1v) is 9.46. The maximum absolute atomic E-state index is 12.6. The highest BCUT2D eigenvalue weighted by molar-refractivity contribution is 5.96. The molecular formula is C20H25N5O3. The lowest BCUT2D eigenvalue weighted by Crippen LogP contribution is -2.51. The van der Waals surface area contributed by atoms with Crippen LogP contribution >= 0.6 is 0 Å². The molecule has 1 aromatic carbocycles. The van der Waals surface area contributed by atoms with Gasteiger partial charge in [0.2, 0.25) is 0 Å². The molecule has 8 nitrogen and oxygen atoms in total. The standard InChI is InChI=1S/C20H25N5O3/c1-13-17(7-5-11-21-13)24-20(26)15-8-9-18(19(12-15)25(27)28)23-14(2)16-6-3-4-10-22-16/h3-4,6,8-10,12-14,17,21,23H,5,7,11H2,1-2H3,(H,24,26). The van der Waals surface area contributed by atoms with E-state index in [2.05, 4.69) is 20.9 Å². The normalized spacial score (nSPS) is 20.2. The highest BCUT2D eigenvalue weighted by Gasteiger charge is 2.25. The first-order valence-electron chi connectivity index (χ1n) is 9.46. The lowest BCUT2D eigenvalue weighted by atomic mass is 9.99. The molecule has 1 amide bonds. The van der Waals surface area contributed by atoms with Crippen LogP contribution in [0.5, 0.6) is 0 Å². The van der Waals surface area contributed by atoms with E-state index in [9.17, 15) is 14.9 Å². The molecule has 1 aliphatic heterocycles. The number of anilines is 1. The number of nitrogens with one attached hydrogen (secondary N) is 3. The smallest absolute Gasteiger partial charge is 0.293 e. The minimum atomic E-state index is -0.477. The summed E-state index contributed by atoms with van der Waals surface area (Å²) in [5.41, 5.74) is 1.27. The number of hydrogen-bond acceptors (Lipinski definition) is 6. The number of pyridine rings is 1. The molecule has 1 aromatic heterocycles. The minimum absolute atomic E-state index is 0.0160.